The summed E-state index contributed by atoms with van der Waals surface area (Å²) in [6, 6.07) is 0. The van der Waals surface area contributed by atoms with E-state index in [-0.39, 0.29) is 11.2 Å². The van der Waals surface area contributed by atoms with E-state index in [1.807, 2.05) is 0 Å². The lowest BCUT2D eigenvalue weighted by Crippen LogP contribution is -2.07. The molecule has 0 N–H and O–H groups in total. The summed E-state index contributed by atoms with van der Waals surface area (Å²) in [5.41, 5.74) is 2.71. The van der Waals surface area contributed by atoms with Gasteiger partial charge in [-0.2, -0.15) is 0 Å². The molecule has 2 rings (SSSR count). The third-order valence-corrected chi connectivity index (χ3v) is 2.98. The van der Waals surface area contributed by atoms with Gasteiger partial charge < -0.3 is 0 Å². The van der Waals surface area contributed by atoms with Crippen molar-refractivity contribution in [1.82, 2.24) is 0 Å². The van der Waals surface area contributed by atoms with E-state index in [1.165, 1.54) is 12.0 Å². The van der Waals surface area contributed by atoms with Crippen molar-refractivity contribution in [2.45, 2.75) is 39.5 Å². The minimum Gasteiger partial charge on any atom is -0.290 e. The van der Waals surface area contributed by atoms with Crippen LogP contribution >= 0.6 is 0 Å². The fraction of sp³-hybridized carbons (Fsp3) is 0.583. The zero-order valence-electron chi connectivity index (χ0n) is 8.39. The van der Waals surface area contributed by atoms with Crippen molar-refractivity contribution in [1.29, 1.82) is 0 Å². The summed E-state index contributed by atoms with van der Waals surface area (Å²) in [5, 5.41) is 0. The maximum absolute atomic E-state index is 11.6. The van der Waals surface area contributed by atoms with Gasteiger partial charge in [-0.25, -0.2) is 0 Å². The predicted octanol–water partition coefficient (Wildman–Crippen LogP) is 3.02. The first-order chi connectivity index (χ1) is 6.08. The Hall–Kier alpha value is -0.850. The number of hydrogen-bond acceptors (Lipinski definition) is 1. The molecule has 0 amide bonds. The average Bonchev–Trinajstić information content (AvgIpc) is 2.44. The second kappa shape index (κ2) is 2.83. The summed E-state index contributed by atoms with van der Waals surface area (Å²) >= 11 is 0. The molecule has 0 aliphatic heterocycles. The Morgan fingerprint density at radius 2 is 2.08 bits per heavy atom. The predicted molar refractivity (Wildman–Crippen MR) is 53.4 cm³/mol. The van der Waals surface area contributed by atoms with Crippen molar-refractivity contribution in [3.8, 4) is 0 Å². The van der Waals surface area contributed by atoms with E-state index in [0.29, 0.717) is 0 Å². The normalized spacial score (nSPS) is 26.2. The van der Waals surface area contributed by atoms with Gasteiger partial charge in [-0.15, -0.1) is 0 Å². The molecule has 70 valence electrons. The zero-order chi connectivity index (χ0) is 9.47. The summed E-state index contributed by atoms with van der Waals surface area (Å²) in [6.45, 7) is 4.40. The lowest BCUT2D eigenvalue weighted by Gasteiger charge is -2.19. The molecular formula is C12H16O. The first kappa shape index (κ1) is 8.74. The van der Waals surface area contributed by atoms with Crippen LogP contribution in [0.3, 0.4) is 0 Å². The van der Waals surface area contributed by atoms with Crippen molar-refractivity contribution < 1.29 is 4.79 Å². The molecule has 0 radical (unpaired) electrons. The number of ketones is 1. The van der Waals surface area contributed by atoms with Crippen LogP contribution in [0.1, 0.15) is 39.5 Å². The van der Waals surface area contributed by atoms with Crippen molar-refractivity contribution in [2.75, 3.05) is 0 Å². The lowest BCUT2D eigenvalue weighted by atomic mass is 9.86. The van der Waals surface area contributed by atoms with Crippen LogP contribution in [-0.2, 0) is 4.79 Å². The van der Waals surface area contributed by atoms with Gasteiger partial charge in [0.25, 0.3) is 0 Å². The first-order valence-corrected chi connectivity index (χ1v) is 5.03. The summed E-state index contributed by atoms with van der Waals surface area (Å²) in [4.78, 5) is 11.6. The lowest BCUT2D eigenvalue weighted by molar-refractivity contribution is -0.111. The van der Waals surface area contributed by atoms with Crippen LogP contribution in [0.5, 0.6) is 0 Å². The van der Waals surface area contributed by atoms with Gasteiger partial charge >= 0.3 is 0 Å². The van der Waals surface area contributed by atoms with Gasteiger partial charge in [-0.3, -0.25) is 4.79 Å². The number of carbonyl (C=O) groups is 1. The average molecular weight is 176 g/mol. The standard InChI is InChI=1S/C12H16O/c1-12(2)7-6-11(13)10-5-3-4-9(10)8-12/h6-7H,3-5,8H2,1-2H3. The first-order valence-electron chi connectivity index (χ1n) is 5.03. The Bertz CT molecular complexity index is 305. The van der Waals surface area contributed by atoms with Crippen LogP contribution in [-0.4, -0.2) is 5.78 Å². The molecule has 13 heavy (non-hydrogen) atoms. The molecule has 2 aliphatic carbocycles. The van der Waals surface area contributed by atoms with Gasteiger partial charge in [0, 0.05) is 0 Å². The minimum absolute atomic E-state index is 0.178. The largest absolute Gasteiger partial charge is 0.290 e. The van der Waals surface area contributed by atoms with Crippen LogP contribution in [0.2, 0.25) is 0 Å². The van der Waals surface area contributed by atoms with E-state index in [2.05, 4.69) is 19.9 Å². The van der Waals surface area contributed by atoms with Crippen molar-refractivity contribution in [3.63, 3.8) is 0 Å². The summed E-state index contributed by atoms with van der Waals surface area (Å²) in [5.74, 6) is 0.262. The SMILES string of the molecule is CC1(C)C=CC(=O)C2=C(CCC2)C1. The van der Waals surface area contributed by atoms with Gasteiger partial charge in [0.1, 0.15) is 0 Å². The maximum atomic E-state index is 11.6. The minimum atomic E-state index is 0.178. The van der Waals surface area contributed by atoms with Crippen LogP contribution in [0.4, 0.5) is 0 Å². The molecule has 0 saturated heterocycles. The molecule has 0 saturated carbocycles. The second-order valence-electron chi connectivity index (χ2n) is 4.80. The van der Waals surface area contributed by atoms with Gasteiger partial charge in [0.15, 0.2) is 5.78 Å². The van der Waals surface area contributed by atoms with Gasteiger partial charge in [-0.05, 0) is 42.7 Å². The van der Waals surface area contributed by atoms with Gasteiger partial charge in [-0.1, -0.05) is 25.5 Å². The Balaban J connectivity index is 2.38. The molecule has 0 heterocycles. The Morgan fingerprint density at radius 1 is 1.31 bits per heavy atom. The van der Waals surface area contributed by atoms with Crippen molar-refractivity contribution in [3.05, 3.63) is 23.3 Å². The number of carbonyl (C=O) groups excluding carboxylic acids is 1. The van der Waals surface area contributed by atoms with E-state index < -0.39 is 0 Å². The molecule has 0 fully saturated rings. The number of rotatable bonds is 0. The molecule has 0 atom stereocenters. The van der Waals surface area contributed by atoms with E-state index in [1.54, 1.807) is 6.08 Å². The monoisotopic (exact) mass is 176 g/mol. The van der Waals surface area contributed by atoms with E-state index in [4.69, 9.17) is 0 Å². The van der Waals surface area contributed by atoms with Crippen LogP contribution in [0.15, 0.2) is 23.3 Å². The molecule has 2 aliphatic rings. The van der Waals surface area contributed by atoms with E-state index >= 15 is 0 Å². The topological polar surface area (TPSA) is 17.1 Å². The Labute approximate surface area is 79.5 Å². The third-order valence-electron chi connectivity index (χ3n) is 2.98. The molecule has 0 bridgehead atoms. The Morgan fingerprint density at radius 3 is 2.85 bits per heavy atom. The van der Waals surface area contributed by atoms with Gasteiger partial charge in [0.2, 0.25) is 0 Å². The van der Waals surface area contributed by atoms with Gasteiger partial charge in [0.05, 0.1) is 0 Å². The molecular weight excluding hydrogens is 160 g/mol. The molecule has 0 unspecified atom stereocenters. The zero-order valence-corrected chi connectivity index (χ0v) is 8.39. The highest BCUT2D eigenvalue weighted by Crippen LogP contribution is 2.38. The summed E-state index contributed by atoms with van der Waals surface area (Å²) < 4.78 is 0. The van der Waals surface area contributed by atoms with E-state index in [0.717, 1.165) is 24.8 Å². The highest BCUT2D eigenvalue weighted by Gasteiger charge is 2.27. The van der Waals surface area contributed by atoms with Crippen LogP contribution < -0.4 is 0 Å². The molecule has 0 aromatic heterocycles. The third kappa shape index (κ3) is 1.60. The van der Waals surface area contributed by atoms with E-state index in [9.17, 15) is 4.79 Å². The highest BCUT2D eigenvalue weighted by molar-refractivity contribution is 6.05. The fourth-order valence-corrected chi connectivity index (χ4v) is 2.31. The fourth-order valence-electron chi connectivity index (χ4n) is 2.31. The highest BCUT2D eigenvalue weighted by atomic mass is 16.1. The molecule has 0 aromatic carbocycles. The maximum Gasteiger partial charge on any atom is 0.181 e. The molecule has 1 nitrogen and oxygen atoms in total. The molecule has 0 aromatic rings. The molecule has 1 heteroatoms. The quantitative estimate of drug-likeness (QED) is 0.554. The van der Waals surface area contributed by atoms with Crippen molar-refractivity contribution >= 4 is 5.78 Å². The number of hydrogen-bond donors (Lipinski definition) is 0. The Kier molecular flexibility index (Phi) is 1.90. The second-order valence-corrected chi connectivity index (χ2v) is 4.80. The summed E-state index contributed by atoms with van der Waals surface area (Å²) in [6.07, 6.45) is 8.24. The summed E-state index contributed by atoms with van der Waals surface area (Å²) in [7, 11) is 0. The smallest absolute Gasteiger partial charge is 0.181 e. The molecule has 0 spiro atoms. The van der Waals surface area contributed by atoms with Crippen LogP contribution in [0.25, 0.3) is 0 Å². The van der Waals surface area contributed by atoms with Crippen LogP contribution in [0, 0.1) is 5.41 Å². The van der Waals surface area contributed by atoms with Crippen molar-refractivity contribution in [2.24, 2.45) is 5.41 Å². The number of allylic oxidation sites excluding steroid dienone is 4.